The molecule has 122 valence electrons. The Morgan fingerprint density at radius 2 is 2.26 bits per heavy atom. The van der Waals surface area contributed by atoms with Gasteiger partial charge in [-0.05, 0) is 57.1 Å². The number of hydrogen-bond donors (Lipinski definition) is 1. The molecule has 0 bridgehead atoms. The molecule has 0 unspecified atom stereocenters. The maximum atomic E-state index is 12.7. The Bertz CT molecular complexity index is 742. The summed E-state index contributed by atoms with van der Waals surface area (Å²) in [6.45, 7) is 4.77. The molecule has 0 aliphatic heterocycles. The van der Waals surface area contributed by atoms with Crippen LogP contribution in [0.4, 0.5) is 0 Å². The Kier molecular flexibility index (Phi) is 4.79. The number of carbonyl (C=O) groups excluding carboxylic acids is 1. The van der Waals surface area contributed by atoms with Crippen LogP contribution in [0.3, 0.4) is 0 Å². The van der Waals surface area contributed by atoms with E-state index in [0.29, 0.717) is 12.2 Å². The maximum Gasteiger partial charge on any atom is 0.270 e. The van der Waals surface area contributed by atoms with E-state index in [2.05, 4.69) is 16.4 Å². The van der Waals surface area contributed by atoms with Crippen molar-refractivity contribution in [3.63, 3.8) is 0 Å². The highest BCUT2D eigenvalue weighted by molar-refractivity contribution is 5.94. The summed E-state index contributed by atoms with van der Waals surface area (Å²) in [5.74, 6) is -0.0173. The summed E-state index contributed by atoms with van der Waals surface area (Å²) in [6, 6.07) is 3.99. The van der Waals surface area contributed by atoms with Gasteiger partial charge >= 0.3 is 0 Å². The van der Waals surface area contributed by atoms with Crippen LogP contribution in [0.1, 0.15) is 60.8 Å². The zero-order valence-corrected chi connectivity index (χ0v) is 14.1. The first-order valence-corrected chi connectivity index (χ1v) is 8.63. The van der Waals surface area contributed by atoms with Crippen molar-refractivity contribution < 1.29 is 4.79 Å². The molecule has 0 spiro atoms. The fraction of sp³-hybridized carbons (Fsp3) is 0.474. The van der Waals surface area contributed by atoms with Crippen molar-refractivity contribution in [1.29, 1.82) is 0 Å². The first-order valence-electron chi connectivity index (χ1n) is 8.63. The average Bonchev–Trinajstić information content (AvgIpc) is 2.96. The van der Waals surface area contributed by atoms with Crippen molar-refractivity contribution in [2.24, 2.45) is 0 Å². The van der Waals surface area contributed by atoms with Crippen LogP contribution >= 0.6 is 0 Å². The molecule has 0 saturated carbocycles. The van der Waals surface area contributed by atoms with Crippen molar-refractivity contribution in [2.45, 2.75) is 52.4 Å². The van der Waals surface area contributed by atoms with Crippen LogP contribution in [-0.2, 0) is 6.42 Å². The highest BCUT2D eigenvalue weighted by Crippen LogP contribution is 2.20. The standard InChI is InChI=1S/C19H25N3O/c1-3-16-17(22-13-7-8-14(2)18(22)21-16)19(23)20-12-11-15-9-5-4-6-10-15/h7-9,13H,3-6,10-12H2,1-2H3,(H,20,23). The number of imidazole rings is 1. The van der Waals surface area contributed by atoms with E-state index < -0.39 is 0 Å². The fourth-order valence-corrected chi connectivity index (χ4v) is 3.29. The Balaban J connectivity index is 1.75. The highest BCUT2D eigenvalue weighted by atomic mass is 16.1. The fourth-order valence-electron chi connectivity index (χ4n) is 3.29. The van der Waals surface area contributed by atoms with Gasteiger partial charge in [-0.1, -0.05) is 24.6 Å². The third kappa shape index (κ3) is 3.31. The van der Waals surface area contributed by atoms with Gasteiger partial charge < -0.3 is 5.32 Å². The summed E-state index contributed by atoms with van der Waals surface area (Å²) in [5.41, 5.74) is 5.01. The van der Waals surface area contributed by atoms with Crippen LogP contribution in [0, 0.1) is 6.92 Å². The van der Waals surface area contributed by atoms with E-state index in [9.17, 15) is 4.79 Å². The van der Waals surface area contributed by atoms with Crippen molar-refractivity contribution in [3.05, 3.63) is 46.9 Å². The van der Waals surface area contributed by atoms with E-state index in [-0.39, 0.29) is 5.91 Å². The van der Waals surface area contributed by atoms with Crippen LogP contribution in [0.15, 0.2) is 30.0 Å². The molecule has 23 heavy (non-hydrogen) atoms. The van der Waals surface area contributed by atoms with Gasteiger partial charge in [-0.3, -0.25) is 9.20 Å². The molecule has 4 heteroatoms. The topological polar surface area (TPSA) is 46.4 Å². The number of amides is 1. The molecule has 4 nitrogen and oxygen atoms in total. The van der Waals surface area contributed by atoms with Gasteiger partial charge in [0.2, 0.25) is 0 Å². The summed E-state index contributed by atoms with van der Waals surface area (Å²) in [6.07, 6.45) is 10.9. The molecule has 0 fully saturated rings. The SMILES string of the molecule is CCc1nc2c(C)cccn2c1C(=O)NCCC1=CCCCC1. The number of allylic oxidation sites excluding steroid dienone is 1. The molecule has 0 atom stereocenters. The first kappa shape index (κ1) is 15.8. The molecule has 1 N–H and O–H groups in total. The van der Waals surface area contributed by atoms with Gasteiger partial charge in [-0.2, -0.15) is 0 Å². The second-order valence-corrected chi connectivity index (χ2v) is 6.26. The Morgan fingerprint density at radius 1 is 1.39 bits per heavy atom. The number of nitrogens with zero attached hydrogens (tertiary/aromatic N) is 2. The predicted octanol–water partition coefficient (Wildman–Crippen LogP) is 3.83. The number of rotatable bonds is 5. The molecule has 0 aromatic carbocycles. The molecule has 1 aliphatic rings. The monoisotopic (exact) mass is 311 g/mol. The molecule has 2 heterocycles. The lowest BCUT2D eigenvalue weighted by Gasteiger charge is -2.13. The van der Waals surface area contributed by atoms with Crippen LogP contribution in [-0.4, -0.2) is 21.8 Å². The van der Waals surface area contributed by atoms with Gasteiger partial charge in [-0.15, -0.1) is 0 Å². The van der Waals surface area contributed by atoms with Crippen molar-refractivity contribution in [3.8, 4) is 0 Å². The van der Waals surface area contributed by atoms with Crippen LogP contribution in [0.5, 0.6) is 0 Å². The lowest BCUT2D eigenvalue weighted by Crippen LogP contribution is -2.27. The summed E-state index contributed by atoms with van der Waals surface area (Å²) in [4.78, 5) is 17.3. The molecule has 1 amide bonds. The summed E-state index contributed by atoms with van der Waals surface area (Å²) < 4.78 is 1.92. The number of hydrogen-bond acceptors (Lipinski definition) is 2. The van der Waals surface area contributed by atoms with E-state index >= 15 is 0 Å². The minimum Gasteiger partial charge on any atom is -0.350 e. The smallest absolute Gasteiger partial charge is 0.270 e. The van der Waals surface area contributed by atoms with Crippen molar-refractivity contribution in [2.75, 3.05) is 6.54 Å². The molecule has 0 radical (unpaired) electrons. The van der Waals surface area contributed by atoms with Gasteiger partial charge in [0.1, 0.15) is 11.3 Å². The summed E-state index contributed by atoms with van der Waals surface area (Å²) in [7, 11) is 0. The van der Waals surface area contributed by atoms with E-state index in [1.54, 1.807) is 0 Å². The van der Waals surface area contributed by atoms with Crippen LogP contribution < -0.4 is 5.32 Å². The third-order valence-electron chi connectivity index (χ3n) is 4.58. The number of fused-ring (bicyclic) bond motifs is 1. The van der Waals surface area contributed by atoms with E-state index in [4.69, 9.17) is 0 Å². The van der Waals surface area contributed by atoms with Gasteiger partial charge in [0.05, 0.1) is 5.69 Å². The second kappa shape index (κ2) is 6.99. The number of aromatic nitrogens is 2. The number of aryl methyl sites for hydroxylation is 2. The predicted molar refractivity (Wildman–Crippen MR) is 92.8 cm³/mol. The average molecular weight is 311 g/mol. The quantitative estimate of drug-likeness (QED) is 0.853. The molecule has 1 aliphatic carbocycles. The zero-order valence-electron chi connectivity index (χ0n) is 14.1. The number of nitrogens with one attached hydrogen (secondary N) is 1. The minimum atomic E-state index is -0.0173. The van der Waals surface area contributed by atoms with E-state index in [0.717, 1.165) is 29.7 Å². The number of pyridine rings is 1. The maximum absolute atomic E-state index is 12.7. The van der Waals surface area contributed by atoms with Gasteiger partial charge in [-0.25, -0.2) is 4.98 Å². The zero-order chi connectivity index (χ0) is 16.2. The minimum absolute atomic E-state index is 0.0173. The molecule has 0 saturated heterocycles. The van der Waals surface area contributed by atoms with Crippen molar-refractivity contribution >= 4 is 11.6 Å². The van der Waals surface area contributed by atoms with E-state index in [1.165, 1.54) is 31.3 Å². The molecular weight excluding hydrogens is 286 g/mol. The van der Waals surface area contributed by atoms with Crippen molar-refractivity contribution in [1.82, 2.24) is 14.7 Å². The second-order valence-electron chi connectivity index (χ2n) is 6.26. The summed E-state index contributed by atoms with van der Waals surface area (Å²) in [5, 5.41) is 3.08. The first-order chi connectivity index (χ1) is 11.2. The molecular formula is C19H25N3O. The largest absolute Gasteiger partial charge is 0.350 e. The Labute approximate surface area is 137 Å². The van der Waals surface area contributed by atoms with Crippen LogP contribution in [0.25, 0.3) is 5.65 Å². The van der Waals surface area contributed by atoms with E-state index in [1.807, 2.05) is 36.6 Å². The van der Waals surface area contributed by atoms with Crippen LogP contribution in [0.2, 0.25) is 0 Å². The Hall–Kier alpha value is -2.10. The Morgan fingerprint density at radius 3 is 3.00 bits per heavy atom. The third-order valence-corrected chi connectivity index (χ3v) is 4.58. The lowest BCUT2D eigenvalue weighted by molar-refractivity contribution is 0.0947. The van der Waals surface area contributed by atoms with Gasteiger partial charge in [0, 0.05) is 12.7 Å². The lowest BCUT2D eigenvalue weighted by atomic mass is 9.97. The van der Waals surface area contributed by atoms with Gasteiger partial charge in [0.15, 0.2) is 0 Å². The molecule has 3 rings (SSSR count). The summed E-state index contributed by atoms with van der Waals surface area (Å²) >= 11 is 0. The normalized spacial score (nSPS) is 14.8. The highest BCUT2D eigenvalue weighted by Gasteiger charge is 2.18. The molecule has 2 aromatic heterocycles. The molecule has 2 aromatic rings. The van der Waals surface area contributed by atoms with Gasteiger partial charge in [0.25, 0.3) is 5.91 Å². The number of carbonyl (C=O) groups is 1.